The number of benzene rings is 1. The summed E-state index contributed by atoms with van der Waals surface area (Å²) in [6, 6.07) is 9.58. The van der Waals surface area contributed by atoms with E-state index in [0.717, 1.165) is 5.69 Å². The zero-order valence-electron chi connectivity index (χ0n) is 15.4. The first-order valence-electron chi connectivity index (χ1n) is 9.09. The normalized spacial score (nSPS) is 15.0. The van der Waals surface area contributed by atoms with Gasteiger partial charge in [-0.15, -0.1) is 5.10 Å². The highest BCUT2D eigenvalue weighted by molar-refractivity contribution is 5.92. The molecular weight excluding hydrogens is 360 g/mol. The lowest BCUT2D eigenvalue weighted by Crippen LogP contribution is -2.39. The minimum atomic E-state index is -0.974. The van der Waals surface area contributed by atoms with Gasteiger partial charge in [0.1, 0.15) is 5.56 Å². The van der Waals surface area contributed by atoms with Gasteiger partial charge in [0.05, 0.1) is 29.8 Å². The van der Waals surface area contributed by atoms with Gasteiger partial charge in [-0.1, -0.05) is 23.4 Å². The molecule has 0 atom stereocenters. The van der Waals surface area contributed by atoms with E-state index in [0.29, 0.717) is 37.3 Å². The first-order chi connectivity index (χ1) is 13.5. The Labute approximate surface area is 161 Å². The number of aromatic carboxylic acids is 1. The molecule has 1 N–H and O–H groups in total. The Kier molecular flexibility index (Phi) is 4.64. The Morgan fingerprint density at radius 3 is 2.50 bits per heavy atom. The first kappa shape index (κ1) is 17.9. The van der Waals surface area contributed by atoms with Crippen molar-refractivity contribution in [3.05, 3.63) is 59.7 Å². The van der Waals surface area contributed by atoms with Gasteiger partial charge >= 0.3 is 5.97 Å². The minimum absolute atomic E-state index is 0.0807. The zero-order valence-corrected chi connectivity index (χ0v) is 15.4. The lowest BCUT2D eigenvalue weighted by Gasteiger charge is -2.32. The molecule has 3 heterocycles. The van der Waals surface area contributed by atoms with E-state index in [1.807, 2.05) is 30.3 Å². The summed E-state index contributed by atoms with van der Waals surface area (Å²) in [6.45, 7) is 2.88. The van der Waals surface area contributed by atoms with Crippen LogP contribution in [0.5, 0.6) is 0 Å². The minimum Gasteiger partial charge on any atom is -0.478 e. The summed E-state index contributed by atoms with van der Waals surface area (Å²) in [4.78, 5) is 25.7. The Bertz CT molecular complexity index is 1000. The third kappa shape index (κ3) is 3.26. The van der Waals surface area contributed by atoms with Gasteiger partial charge < -0.3 is 10.0 Å². The van der Waals surface area contributed by atoms with Crippen LogP contribution in [0.25, 0.3) is 5.69 Å². The molecule has 1 amide bonds. The predicted octanol–water partition coefficient (Wildman–Crippen LogP) is 1.95. The number of para-hydroxylation sites is 1. The molecule has 0 unspecified atom stereocenters. The Hall–Kier alpha value is -3.49. The number of likely N-dealkylation sites (tertiary alicyclic amines) is 1. The molecule has 3 aromatic rings. The fourth-order valence-electron chi connectivity index (χ4n) is 3.55. The molecular formula is C19H20N6O3. The molecule has 1 aliphatic rings. The zero-order chi connectivity index (χ0) is 19.7. The third-order valence-electron chi connectivity index (χ3n) is 5.11. The summed E-state index contributed by atoms with van der Waals surface area (Å²) >= 11 is 0. The van der Waals surface area contributed by atoms with Crippen molar-refractivity contribution < 1.29 is 14.7 Å². The van der Waals surface area contributed by atoms with Crippen LogP contribution >= 0.6 is 0 Å². The van der Waals surface area contributed by atoms with Crippen LogP contribution in [-0.2, 0) is 0 Å². The van der Waals surface area contributed by atoms with E-state index in [2.05, 4.69) is 15.4 Å². The summed E-state index contributed by atoms with van der Waals surface area (Å²) in [7, 11) is 0. The maximum Gasteiger partial charge on any atom is 0.339 e. The van der Waals surface area contributed by atoms with E-state index in [1.54, 1.807) is 27.4 Å². The van der Waals surface area contributed by atoms with Crippen molar-refractivity contribution >= 4 is 11.9 Å². The highest BCUT2D eigenvalue weighted by Gasteiger charge is 2.28. The molecule has 1 aromatic carbocycles. The standard InChI is InChI=1S/C19H20N6O3/c1-13-16(19(27)28)11-20-25(13)15-7-9-23(10-8-15)18(26)17-12-24(22-21-17)14-5-3-2-4-6-14/h2-6,11-12,15H,7-10H2,1H3,(H,27,28). The molecule has 9 heteroatoms. The monoisotopic (exact) mass is 380 g/mol. The fourth-order valence-corrected chi connectivity index (χ4v) is 3.55. The SMILES string of the molecule is Cc1c(C(=O)O)cnn1C1CCN(C(=O)c2cn(-c3ccccc3)nn2)CC1. The molecule has 2 aromatic heterocycles. The highest BCUT2D eigenvalue weighted by atomic mass is 16.4. The summed E-state index contributed by atoms with van der Waals surface area (Å²) < 4.78 is 3.34. The van der Waals surface area contributed by atoms with Gasteiger partial charge in [0.2, 0.25) is 0 Å². The number of amides is 1. The topological polar surface area (TPSA) is 106 Å². The molecule has 0 saturated carbocycles. The number of rotatable bonds is 4. The molecule has 1 aliphatic heterocycles. The number of carbonyl (C=O) groups excluding carboxylic acids is 1. The summed E-state index contributed by atoms with van der Waals surface area (Å²) in [5.74, 6) is -1.12. The van der Waals surface area contributed by atoms with Crippen molar-refractivity contribution in [3.8, 4) is 5.69 Å². The second-order valence-corrected chi connectivity index (χ2v) is 6.80. The van der Waals surface area contributed by atoms with E-state index >= 15 is 0 Å². The van der Waals surface area contributed by atoms with E-state index < -0.39 is 5.97 Å². The molecule has 1 fully saturated rings. The van der Waals surface area contributed by atoms with E-state index in [-0.39, 0.29) is 17.5 Å². The van der Waals surface area contributed by atoms with E-state index in [1.165, 1.54) is 6.20 Å². The predicted molar refractivity (Wildman–Crippen MR) is 99.5 cm³/mol. The first-order valence-corrected chi connectivity index (χ1v) is 9.09. The quantitative estimate of drug-likeness (QED) is 0.741. The molecule has 9 nitrogen and oxygen atoms in total. The number of hydrogen-bond donors (Lipinski definition) is 1. The van der Waals surface area contributed by atoms with Crippen LogP contribution in [0.15, 0.2) is 42.7 Å². The summed E-state index contributed by atoms with van der Waals surface area (Å²) in [6.07, 6.45) is 4.44. The highest BCUT2D eigenvalue weighted by Crippen LogP contribution is 2.25. The van der Waals surface area contributed by atoms with Crippen molar-refractivity contribution in [1.82, 2.24) is 29.7 Å². The maximum absolute atomic E-state index is 12.8. The molecule has 0 spiro atoms. The average Bonchev–Trinajstić information content (AvgIpc) is 3.35. The van der Waals surface area contributed by atoms with Crippen molar-refractivity contribution in [2.24, 2.45) is 0 Å². The van der Waals surface area contributed by atoms with Crippen molar-refractivity contribution in [2.75, 3.05) is 13.1 Å². The molecule has 0 bridgehead atoms. The van der Waals surface area contributed by atoms with E-state index in [9.17, 15) is 14.7 Å². The van der Waals surface area contributed by atoms with Gasteiger partial charge in [0.25, 0.3) is 5.91 Å². The van der Waals surface area contributed by atoms with Crippen LogP contribution in [-0.4, -0.2) is 59.7 Å². The summed E-state index contributed by atoms with van der Waals surface area (Å²) in [5.41, 5.74) is 2.01. The number of carbonyl (C=O) groups is 2. The van der Waals surface area contributed by atoms with Crippen LogP contribution < -0.4 is 0 Å². The van der Waals surface area contributed by atoms with E-state index in [4.69, 9.17) is 0 Å². The number of carboxylic acid groups (broad SMARTS) is 1. The van der Waals surface area contributed by atoms with Crippen LogP contribution in [0.3, 0.4) is 0 Å². The van der Waals surface area contributed by atoms with Crippen molar-refractivity contribution in [1.29, 1.82) is 0 Å². The lowest BCUT2D eigenvalue weighted by atomic mass is 10.0. The van der Waals surface area contributed by atoms with Crippen LogP contribution in [0.2, 0.25) is 0 Å². The lowest BCUT2D eigenvalue weighted by molar-refractivity contribution is 0.0682. The summed E-state index contributed by atoms with van der Waals surface area (Å²) in [5, 5.41) is 21.5. The number of carboxylic acids is 1. The van der Waals surface area contributed by atoms with Gasteiger partial charge in [-0.3, -0.25) is 9.48 Å². The molecule has 1 saturated heterocycles. The Morgan fingerprint density at radius 2 is 1.86 bits per heavy atom. The smallest absolute Gasteiger partial charge is 0.339 e. The fraction of sp³-hybridized carbons (Fsp3) is 0.316. The van der Waals surface area contributed by atoms with Crippen LogP contribution in [0, 0.1) is 6.92 Å². The van der Waals surface area contributed by atoms with Crippen molar-refractivity contribution in [3.63, 3.8) is 0 Å². The number of nitrogens with zero attached hydrogens (tertiary/aromatic N) is 6. The Morgan fingerprint density at radius 1 is 1.14 bits per heavy atom. The number of hydrogen-bond acceptors (Lipinski definition) is 5. The Balaban J connectivity index is 1.42. The molecule has 144 valence electrons. The number of aromatic nitrogens is 5. The third-order valence-corrected chi connectivity index (χ3v) is 5.11. The largest absolute Gasteiger partial charge is 0.478 e. The molecule has 4 rings (SSSR count). The van der Waals surface area contributed by atoms with Gasteiger partial charge in [-0.05, 0) is 31.9 Å². The van der Waals surface area contributed by atoms with Crippen LogP contribution in [0.4, 0.5) is 0 Å². The molecule has 0 radical (unpaired) electrons. The van der Waals surface area contributed by atoms with Crippen molar-refractivity contribution in [2.45, 2.75) is 25.8 Å². The molecule has 0 aliphatic carbocycles. The maximum atomic E-state index is 12.8. The second kappa shape index (κ2) is 7.26. The van der Waals surface area contributed by atoms with Gasteiger partial charge in [-0.25, -0.2) is 9.48 Å². The van der Waals surface area contributed by atoms with Crippen LogP contribution in [0.1, 0.15) is 45.4 Å². The van der Waals surface area contributed by atoms with Gasteiger partial charge in [0.15, 0.2) is 5.69 Å². The van der Waals surface area contributed by atoms with Gasteiger partial charge in [0, 0.05) is 13.1 Å². The second-order valence-electron chi connectivity index (χ2n) is 6.80. The average molecular weight is 380 g/mol. The van der Waals surface area contributed by atoms with Gasteiger partial charge in [-0.2, -0.15) is 5.10 Å². The number of piperidine rings is 1. The molecule has 28 heavy (non-hydrogen) atoms.